The van der Waals surface area contributed by atoms with Crippen molar-refractivity contribution in [2.24, 2.45) is 0 Å². The first-order valence-corrected chi connectivity index (χ1v) is 12.9. The molecule has 0 unspecified atom stereocenters. The summed E-state index contributed by atoms with van der Waals surface area (Å²) in [6.07, 6.45) is 3.01. The zero-order valence-electron chi connectivity index (χ0n) is 17.1. The quantitative estimate of drug-likeness (QED) is 0.604. The Morgan fingerprint density at radius 3 is 2.47 bits per heavy atom. The Kier molecular flexibility index (Phi) is 7.51. The van der Waals surface area contributed by atoms with E-state index in [4.69, 9.17) is 23.2 Å². The highest BCUT2D eigenvalue weighted by Crippen LogP contribution is 2.30. The number of halogens is 2. The maximum absolute atomic E-state index is 12.8. The molecule has 9 heteroatoms. The van der Waals surface area contributed by atoms with E-state index in [9.17, 15) is 13.2 Å². The van der Waals surface area contributed by atoms with Gasteiger partial charge >= 0.3 is 0 Å². The van der Waals surface area contributed by atoms with Crippen LogP contribution in [0.3, 0.4) is 0 Å². The van der Waals surface area contributed by atoms with E-state index in [1.807, 2.05) is 26.0 Å². The fraction of sp³-hybridized carbons (Fsp3) is 0.476. The highest BCUT2D eigenvalue weighted by Gasteiger charge is 2.28. The number of hydrogen-bond donors (Lipinski definition) is 1. The summed E-state index contributed by atoms with van der Waals surface area (Å²) in [4.78, 5) is 13.2. The molecule has 1 N–H and O–H groups in total. The van der Waals surface area contributed by atoms with E-state index in [0.717, 1.165) is 29.7 Å². The van der Waals surface area contributed by atoms with Gasteiger partial charge in [-0.3, -0.25) is 4.79 Å². The van der Waals surface area contributed by atoms with Gasteiger partial charge in [-0.05, 0) is 42.7 Å². The first-order valence-electron chi connectivity index (χ1n) is 9.91. The zero-order chi connectivity index (χ0) is 21.9. The van der Waals surface area contributed by atoms with Gasteiger partial charge in [0, 0.05) is 29.9 Å². The summed E-state index contributed by atoms with van der Waals surface area (Å²) < 4.78 is 27.4. The number of carbonyl (C=O) groups is 1. The van der Waals surface area contributed by atoms with Gasteiger partial charge in [-0.25, -0.2) is 8.42 Å². The Bertz CT molecular complexity index is 1010. The molecule has 3 rings (SSSR count). The van der Waals surface area contributed by atoms with Crippen molar-refractivity contribution in [2.45, 2.75) is 49.2 Å². The van der Waals surface area contributed by atoms with Crippen LogP contribution in [0.4, 0.5) is 0 Å². The predicted octanol–water partition coefficient (Wildman–Crippen LogP) is 4.87. The van der Waals surface area contributed by atoms with Gasteiger partial charge in [0.25, 0.3) is 10.0 Å². The van der Waals surface area contributed by atoms with Crippen LogP contribution in [0.1, 0.15) is 43.6 Å². The van der Waals surface area contributed by atoms with E-state index in [0.29, 0.717) is 33.9 Å². The standard InChI is InChI=1S/C21H26Cl2N2O3S2/c1-21(2,15-6-8-17(22)18(23)12-15)14-24-19(26)13-16-7-9-20(29-16)30(27,28)25-10-4-3-5-11-25/h6-9,12H,3-5,10-11,13-14H2,1-2H3,(H,24,26). The lowest BCUT2D eigenvalue weighted by Gasteiger charge is -2.26. The molecule has 1 saturated heterocycles. The normalized spacial score (nSPS) is 15.9. The van der Waals surface area contributed by atoms with Crippen molar-refractivity contribution in [1.29, 1.82) is 0 Å². The molecule has 1 aliphatic rings. The fourth-order valence-corrected chi connectivity index (χ4v) is 6.71. The number of hydrogen-bond acceptors (Lipinski definition) is 4. The molecule has 1 fully saturated rings. The van der Waals surface area contributed by atoms with Crippen LogP contribution in [0.2, 0.25) is 10.0 Å². The van der Waals surface area contributed by atoms with Crippen LogP contribution in [0.15, 0.2) is 34.5 Å². The van der Waals surface area contributed by atoms with E-state index < -0.39 is 10.0 Å². The van der Waals surface area contributed by atoms with Crippen LogP contribution >= 0.6 is 34.5 Å². The van der Waals surface area contributed by atoms with E-state index in [-0.39, 0.29) is 17.7 Å². The highest BCUT2D eigenvalue weighted by molar-refractivity contribution is 7.91. The third kappa shape index (κ3) is 5.56. The monoisotopic (exact) mass is 488 g/mol. The van der Waals surface area contributed by atoms with E-state index in [1.165, 1.54) is 11.3 Å². The summed E-state index contributed by atoms with van der Waals surface area (Å²) in [7, 11) is -3.46. The van der Waals surface area contributed by atoms with Crippen molar-refractivity contribution in [3.8, 4) is 0 Å². The molecule has 0 aliphatic carbocycles. The van der Waals surface area contributed by atoms with Crippen molar-refractivity contribution < 1.29 is 13.2 Å². The third-order valence-corrected chi connectivity index (χ3v) is 9.50. The number of nitrogens with zero attached hydrogens (tertiary/aromatic N) is 1. The summed E-state index contributed by atoms with van der Waals surface area (Å²) in [6, 6.07) is 8.80. The molecule has 0 atom stereocenters. The Hall–Kier alpha value is -1.12. The summed E-state index contributed by atoms with van der Waals surface area (Å²) >= 11 is 13.3. The van der Waals surface area contributed by atoms with Crippen molar-refractivity contribution in [3.63, 3.8) is 0 Å². The number of benzene rings is 1. The fourth-order valence-electron chi connectivity index (χ4n) is 3.38. The van der Waals surface area contributed by atoms with Crippen LogP contribution in [0.5, 0.6) is 0 Å². The van der Waals surface area contributed by atoms with Crippen molar-refractivity contribution >= 4 is 50.5 Å². The first-order chi connectivity index (χ1) is 14.1. The van der Waals surface area contributed by atoms with E-state index in [1.54, 1.807) is 22.5 Å². The number of sulfonamides is 1. The molecule has 2 heterocycles. The number of carbonyl (C=O) groups excluding carboxylic acids is 1. The number of amides is 1. The molecule has 30 heavy (non-hydrogen) atoms. The molecular weight excluding hydrogens is 463 g/mol. The van der Waals surface area contributed by atoms with Gasteiger partial charge < -0.3 is 5.32 Å². The maximum Gasteiger partial charge on any atom is 0.252 e. The van der Waals surface area contributed by atoms with Crippen molar-refractivity contribution in [3.05, 3.63) is 50.8 Å². The molecular formula is C21H26Cl2N2O3S2. The average molecular weight is 489 g/mol. The molecule has 0 radical (unpaired) electrons. The number of thiophene rings is 1. The van der Waals surface area contributed by atoms with Gasteiger partial charge in [0.05, 0.1) is 16.5 Å². The number of rotatable bonds is 7. The summed E-state index contributed by atoms with van der Waals surface area (Å²) in [5, 5.41) is 3.92. The van der Waals surface area contributed by atoms with Crippen molar-refractivity contribution in [1.82, 2.24) is 9.62 Å². The lowest BCUT2D eigenvalue weighted by Crippen LogP contribution is -2.37. The molecule has 0 saturated carbocycles. The zero-order valence-corrected chi connectivity index (χ0v) is 20.2. The summed E-state index contributed by atoms with van der Waals surface area (Å²) in [6.45, 7) is 5.59. The smallest absolute Gasteiger partial charge is 0.252 e. The Balaban J connectivity index is 1.59. The molecule has 164 valence electrons. The molecule has 1 aromatic carbocycles. The minimum absolute atomic E-state index is 0.146. The van der Waals surface area contributed by atoms with Crippen LogP contribution in [0, 0.1) is 0 Å². The first kappa shape index (κ1) is 23.5. The molecule has 0 spiro atoms. The minimum Gasteiger partial charge on any atom is -0.355 e. The number of piperidine rings is 1. The van der Waals surface area contributed by atoms with Gasteiger partial charge in [0.1, 0.15) is 4.21 Å². The van der Waals surface area contributed by atoms with Gasteiger partial charge in [0.15, 0.2) is 0 Å². The van der Waals surface area contributed by atoms with Crippen LogP contribution < -0.4 is 5.32 Å². The lowest BCUT2D eigenvalue weighted by atomic mass is 9.84. The SMILES string of the molecule is CC(C)(CNC(=O)Cc1ccc(S(=O)(=O)N2CCCCC2)s1)c1ccc(Cl)c(Cl)c1. The molecule has 5 nitrogen and oxygen atoms in total. The Labute approximate surface area is 192 Å². The van der Waals surface area contributed by atoms with Crippen LogP contribution in [-0.2, 0) is 26.7 Å². The Morgan fingerprint density at radius 2 is 1.80 bits per heavy atom. The summed E-state index contributed by atoms with van der Waals surface area (Å²) in [5.74, 6) is -0.146. The van der Waals surface area contributed by atoms with E-state index in [2.05, 4.69) is 5.32 Å². The second-order valence-electron chi connectivity index (χ2n) is 8.15. The van der Waals surface area contributed by atoms with Gasteiger partial charge in [-0.2, -0.15) is 4.31 Å². The maximum atomic E-state index is 12.8. The highest BCUT2D eigenvalue weighted by atomic mass is 35.5. The Morgan fingerprint density at radius 1 is 1.10 bits per heavy atom. The molecule has 1 aromatic heterocycles. The van der Waals surface area contributed by atoms with Gasteiger partial charge in [-0.15, -0.1) is 11.3 Å². The average Bonchev–Trinajstić information content (AvgIpc) is 3.18. The second kappa shape index (κ2) is 9.57. The molecule has 1 amide bonds. The van der Waals surface area contributed by atoms with Gasteiger partial charge in [-0.1, -0.05) is 49.5 Å². The van der Waals surface area contributed by atoms with Gasteiger partial charge in [0.2, 0.25) is 5.91 Å². The second-order valence-corrected chi connectivity index (χ2v) is 12.3. The van der Waals surface area contributed by atoms with Crippen LogP contribution in [0.25, 0.3) is 0 Å². The molecule has 1 aliphatic heterocycles. The van der Waals surface area contributed by atoms with E-state index >= 15 is 0 Å². The third-order valence-electron chi connectivity index (χ3n) is 5.31. The minimum atomic E-state index is -3.46. The summed E-state index contributed by atoms with van der Waals surface area (Å²) in [5.41, 5.74) is 0.644. The topological polar surface area (TPSA) is 66.5 Å². The van der Waals surface area contributed by atoms with Crippen molar-refractivity contribution in [2.75, 3.05) is 19.6 Å². The molecule has 2 aromatic rings. The number of nitrogens with one attached hydrogen (secondary N) is 1. The molecule has 0 bridgehead atoms. The van der Waals surface area contributed by atoms with Crippen LogP contribution in [-0.4, -0.2) is 38.3 Å². The lowest BCUT2D eigenvalue weighted by molar-refractivity contribution is -0.120. The predicted molar refractivity (Wildman–Crippen MR) is 123 cm³/mol. The largest absolute Gasteiger partial charge is 0.355 e.